The van der Waals surface area contributed by atoms with Gasteiger partial charge in [-0.2, -0.15) is 5.10 Å². The van der Waals surface area contributed by atoms with Crippen LogP contribution in [0, 0.1) is 6.92 Å². The lowest BCUT2D eigenvalue weighted by Gasteiger charge is -2.12. The van der Waals surface area contributed by atoms with Crippen molar-refractivity contribution in [2.24, 2.45) is 5.10 Å². The molecule has 0 fully saturated rings. The van der Waals surface area contributed by atoms with Crippen molar-refractivity contribution in [3.8, 4) is 11.5 Å². The third-order valence-electron chi connectivity index (χ3n) is 3.68. The number of hydrogen-bond acceptors (Lipinski definition) is 5. The highest BCUT2D eigenvalue weighted by molar-refractivity contribution is 7.80. The summed E-state index contributed by atoms with van der Waals surface area (Å²) >= 11 is 11.3. The molecule has 0 saturated carbocycles. The summed E-state index contributed by atoms with van der Waals surface area (Å²) < 4.78 is 10.3. The zero-order valence-corrected chi connectivity index (χ0v) is 16.4. The Hall–Kier alpha value is -2.84. The molecule has 2 rings (SSSR count). The first-order valence-corrected chi connectivity index (χ1v) is 8.51. The van der Waals surface area contributed by atoms with E-state index >= 15 is 0 Å². The molecule has 3 N–H and O–H groups in total. The number of nitrogens with one attached hydrogen (secondary N) is 2. The van der Waals surface area contributed by atoms with E-state index in [1.807, 2.05) is 13.0 Å². The molecule has 142 valence electrons. The molecule has 0 heterocycles. The van der Waals surface area contributed by atoms with Crippen molar-refractivity contribution < 1.29 is 19.4 Å². The molecule has 0 bridgehead atoms. The fourth-order valence-corrected chi connectivity index (χ4v) is 2.66. The quantitative estimate of drug-likeness (QED) is 0.382. The van der Waals surface area contributed by atoms with Crippen LogP contribution in [-0.2, 0) is 0 Å². The van der Waals surface area contributed by atoms with Gasteiger partial charge in [-0.05, 0) is 49.0 Å². The number of ether oxygens (including phenoxy) is 2. The Morgan fingerprint density at radius 1 is 1.26 bits per heavy atom. The average Bonchev–Trinajstić information content (AvgIpc) is 2.64. The predicted octanol–water partition coefficient (Wildman–Crippen LogP) is 3.68. The van der Waals surface area contributed by atoms with Gasteiger partial charge in [0.15, 0.2) is 16.6 Å². The topological polar surface area (TPSA) is 92.2 Å². The molecule has 0 saturated heterocycles. The maximum absolute atomic E-state index is 11.6. The lowest BCUT2D eigenvalue weighted by molar-refractivity contribution is 0.0692. The number of rotatable bonds is 6. The molecular weight excluding hydrogens is 390 g/mol. The zero-order chi connectivity index (χ0) is 20.0. The number of aromatic carboxylic acids is 1. The van der Waals surface area contributed by atoms with Gasteiger partial charge in [0.1, 0.15) is 5.56 Å². The lowest BCUT2D eigenvalue weighted by atomic mass is 10.1. The molecule has 0 aromatic heterocycles. The summed E-state index contributed by atoms with van der Waals surface area (Å²) in [4.78, 5) is 11.6. The Labute approximate surface area is 166 Å². The van der Waals surface area contributed by atoms with Crippen molar-refractivity contribution >= 4 is 46.8 Å². The molecule has 0 spiro atoms. The third kappa shape index (κ3) is 4.87. The van der Waals surface area contributed by atoms with Gasteiger partial charge >= 0.3 is 5.97 Å². The van der Waals surface area contributed by atoms with E-state index in [0.717, 1.165) is 11.3 Å². The number of thiocarbonyl (C=S) groups is 1. The second kappa shape index (κ2) is 9.20. The van der Waals surface area contributed by atoms with Crippen LogP contribution in [0.1, 0.15) is 21.5 Å². The number of benzene rings is 2. The first-order chi connectivity index (χ1) is 12.9. The Bertz CT molecular complexity index is 902. The van der Waals surface area contributed by atoms with Crippen LogP contribution >= 0.6 is 23.8 Å². The van der Waals surface area contributed by atoms with Crippen LogP contribution < -0.4 is 20.2 Å². The van der Waals surface area contributed by atoms with Gasteiger partial charge in [-0.1, -0.05) is 17.7 Å². The van der Waals surface area contributed by atoms with Crippen LogP contribution in [0.15, 0.2) is 35.4 Å². The highest BCUT2D eigenvalue weighted by Gasteiger charge is 2.20. The van der Waals surface area contributed by atoms with Gasteiger partial charge in [-0.25, -0.2) is 4.79 Å². The minimum atomic E-state index is -1.16. The minimum absolute atomic E-state index is 0.0630. The van der Waals surface area contributed by atoms with Gasteiger partial charge in [-0.15, -0.1) is 0 Å². The number of carbonyl (C=O) groups is 1. The lowest BCUT2D eigenvalue weighted by Crippen LogP contribution is -2.24. The molecule has 2 aromatic carbocycles. The van der Waals surface area contributed by atoms with Crippen LogP contribution in [0.2, 0.25) is 5.02 Å². The number of carboxylic acids is 1. The minimum Gasteiger partial charge on any atom is -0.493 e. The van der Waals surface area contributed by atoms with E-state index in [2.05, 4.69) is 15.8 Å². The van der Waals surface area contributed by atoms with Crippen LogP contribution in [-0.4, -0.2) is 36.6 Å². The number of anilines is 1. The van der Waals surface area contributed by atoms with Crippen LogP contribution in [0.3, 0.4) is 0 Å². The van der Waals surface area contributed by atoms with E-state index in [1.165, 1.54) is 20.4 Å². The molecule has 0 aliphatic carbocycles. The third-order valence-corrected chi connectivity index (χ3v) is 4.28. The van der Waals surface area contributed by atoms with Gasteiger partial charge < -0.3 is 19.9 Å². The molecule has 0 amide bonds. The van der Waals surface area contributed by atoms with E-state index in [4.69, 9.17) is 33.3 Å². The zero-order valence-electron chi connectivity index (χ0n) is 14.9. The Morgan fingerprint density at radius 3 is 2.63 bits per heavy atom. The molecule has 0 aliphatic rings. The van der Waals surface area contributed by atoms with Crippen molar-refractivity contribution in [3.05, 3.63) is 52.0 Å². The fourth-order valence-electron chi connectivity index (χ4n) is 2.32. The molecule has 0 atom stereocenters. The van der Waals surface area contributed by atoms with Crippen LogP contribution in [0.5, 0.6) is 11.5 Å². The van der Waals surface area contributed by atoms with E-state index in [-0.39, 0.29) is 16.4 Å². The summed E-state index contributed by atoms with van der Waals surface area (Å²) in [6, 6.07) is 8.56. The Balaban J connectivity index is 2.17. The van der Waals surface area contributed by atoms with Gasteiger partial charge in [0.25, 0.3) is 0 Å². The molecule has 0 unspecified atom stereocenters. The monoisotopic (exact) mass is 407 g/mol. The van der Waals surface area contributed by atoms with Crippen molar-refractivity contribution in [2.45, 2.75) is 6.92 Å². The first kappa shape index (κ1) is 20.5. The molecule has 2 aromatic rings. The van der Waals surface area contributed by atoms with Gasteiger partial charge in [-0.3, -0.25) is 5.43 Å². The summed E-state index contributed by atoms with van der Waals surface area (Å²) in [6.07, 6.45) is 1.34. The number of hydrazone groups is 1. The van der Waals surface area contributed by atoms with Crippen molar-refractivity contribution in [1.82, 2.24) is 5.43 Å². The van der Waals surface area contributed by atoms with Crippen molar-refractivity contribution in [1.29, 1.82) is 0 Å². The SMILES string of the molecule is COc1ccc(/C=N\NC(=S)Nc2cccc(Cl)c2C)c(C(=O)O)c1OC. The first-order valence-electron chi connectivity index (χ1n) is 7.72. The Morgan fingerprint density at radius 2 is 2.00 bits per heavy atom. The molecule has 7 nitrogen and oxygen atoms in total. The molecule has 9 heteroatoms. The standard InChI is InChI=1S/C18H18ClN3O4S/c1-10-12(19)5-4-6-13(10)21-18(27)22-20-9-11-7-8-14(25-2)16(26-3)15(11)17(23)24/h4-9H,1-3H3,(H,23,24)(H2,21,22,27)/b20-9-. The van der Waals surface area contributed by atoms with E-state index in [0.29, 0.717) is 16.3 Å². The average molecular weight is 408 g/mol. The van der Waals surface area contributed by atoms with Gasteiger partial charge in [0.2, 0.25) is 0 Å². The van der Waals surface area contributed by atoms with E-state index in [9.17, 15) is 9.90 Å². The summed E-state index contributed by atoms with van der Waals surface area (Å²) in [6.45, 7) is 1.86. The van der Waals surface area contributed by atoms with Gasteiger partial charge in [0.05, 0.1) is 20.4 Å². The summed E-state index contributed by atoms with van der Waals surface area (Å²) in [5.41, 5.74) is 4.50. The summed E-state index contributed by atoms with van der Waals surface area (Å²) in [5.74, 6) is -0.736. The van der Waals surface area contributed by atoms with Crippen molar-refractivity contribution in [3.63, 3.8) is 0 Å². The van der Waals surface area contributed by atoms with E-state index in [1.54, 1.807) is 24.3 Å². The largest absolute Gasteiger partial charge is 0.493 e. The van der Waals surface area contributed by atoms with Crippen LogP contribution in [0.25, 0.3) is 0 Å². The summed E-state index contributed by atoms with van der Waals surface area (Å²) in [5, 5.41) is 17.3. The van der Waals surface area contributed by atoms with Gasteiger partial charge in [0, 0.05) is 16.3 Å². The number of hydrogen-bond donors (Lipinski definition) is 3. The second-order valence-corrected chi connectivity index (χ2v) is 6.12. The highest BCUT2D eigenvalue weighted by atomic mass is 35.5. The fraction of sp³-hybridized carbons (Fsp3) is 0.167. The molecule has 0 radical (unpaired) electrons. The van der Waals surface area contributed by atoms with Crippen molar-refractivity contribution in [2.75, 3.05) is 19.5 Å². The molecule has 0 aliphatic heterocycles. The maximum Gasteiger partial charge on any atom is 0.340 e. The molecule has 27 heavy (non-hydrogen) atoms. The summed E-state index contributed by atoms with van der Waals surface area (Å²) in [7, 11) is 2.80. The predicted molar refractivity (Wildman–Crippen MR) is 110 cm³/mol. The molecular formula is C18H18ClN3O4S. The number of nitrogens with zero attached hydrogens (tertiary/aromatic N) is 1. The normalized spacial score (nSPS) is 10.5. The smallest absolute Gasteiger partial charge is 0.340 e. The van der Waals surface area contributed by atoms with Crippen LogP contribution in [0.4, 0.5) is 5.69 Å². The van der Waals surface area contributed by atoms with E-state index < -0.39 is 5.97 Å². The highest BCUT2D eigenvalue weighted by Crippen LogP contribution is 2.32. The number of methoxy groups -OCH3 is 2. The number of carboxylic acid groups (broad SMARTS) is 1. The number of halogens is 1. The second-order valence-electron chi connectivity index (χ2n) is 5.31. The Kier molecular flexibility index (Phi) is 6.98. The maximum atomic E-state index is 11.6.